The maximum atomic E-state index is 11.6. The van der Waals surface area contributed by atoms with Crippen LogP contribution in [-0.2, 0) is 4.79 Å². The minimum atomic E-state index is -0.776. The van der Waals surface area contributed by atoms with Gasteiger partial charge in [-0.2, -0.15) is 0 Å². The summed E-state index contributed by atoms with van der Waals surface area (Å²) in [6.45, 7) is 3.57. The van der Waals surface area contributed by atoms with Crippen LogP contribution >= 0.6 is 0 Å². The average Bonchev–Trinajstić information content (AvgIpc) is 2.48. The number of hydrogen-bond acceptors (Lipinski definition) is 5. The number of aliphatic carboxylic acids is 1. The first-order valence-electron chi connectivity index (χ1n) is 6.71. The third-order valence-electron chi connectivity index (χ3n) is 3.32. The van der Waals surface area contributed by atoms with Gasteiger partial charge in [0.25, 0.3) is 5.91 Å². The number of amides is 1. The SMILES string of the molecule is CCNC(=O)c1ccc(N2CCCC(C(=O)O)C2)nn1. The van der Waals surface area contributed by atoms with Crippen molar-refractivity contribution in [1.29, 1.82) is 0 Å². The Morgan fingerprint density at radius 3 is 2.85 bits per heavy atom. The van der Waals surface area contributed by atoms with Crippen molar-refractivity contribution in [2.24, 2.45) is 5.92 Å². The molecule has 1 amide bonds. The lowest BCUT2D eigenvalue weighted by atomic mass is 9.98. The van der Waals surface area contributed by atoms with Crippen LogP contribution in [0.25, 0.3) is 0 Å². The van der Waals surface area contributed by atoms with Crippen LogP contribution in [0.3, 0.4) is 0 Å². The van der Waals surface area contributed by atoms with Crippen molar-refractivity contribution in [1.82, 2.24) is 15.5 Å². The largest absolute Gasteiger partial charge is 0.481 e. The first kappa shape index (κ1) is 14.2. The van der Waals surface area contributed by atoms with Gasteiger partial charge in [-0.1, -0.05) is 0 Å². The van der Waals surface area contributed by atoms with Crippen molar-refractivity contribution in [3.8, 4) is 0 Å². The molecule has 1 aliphatic heterocycles. The van der Waals surface area contributed by atoms with Gasteiger partial charge in [0, 0.05) is 19.6 Å². The fourth-order valence-electron chi connectivity index (χ4n) is 2.25. The molecular formula is C13H18N4O3. The molecule has 7 nitrogen and oxygen atoms in total. The van der Waals surface area contributed by atoms with Gasteiger partial charge in [-0.05, 0) is 31.9 Å². The number of piperidine rings is 1. The Labute approximate surface area is 117 Å². The van der Waals surface area contributed by atoms with E-state index < -0.39 is 5.97 Å². The second-order valence-corrected chi connectivity index (χ2v) is 4.76. The van der Waals surface area contributed by atoms with E-state index >= 15 is 0 Å². The first-order valence-corrected chi connectivity index (χ1v) is 6.71. The van der Waals surface area contributed by atoms with Gasteiger partial charge in [0.05, 0.1) is 5.92 Å². The molecule has 0 radical (unpaired) electrons. The number of hydrogen-bond donors (Lipinski definition) is 2. The fourth-order valence-corrected chi connectivity index (χ4v) is 2.25. The maximum absolute atomic E-state index is 11.6. The van der Waals surface area contributed by atoms with Gasteiger partial charge >= 0.3 is 5.97 Å². The molecule has 2 rings (SSSR count). The number of anilines is 1. The second kappa shape index (κ2) is 6.31. The zero-order valence-corrected chi connectivity index (χ0v) is 11.4. The number of carboxylic acid groups (broad SMARTS) is 1. The third kappa shape index (κ3) is 3.23. The number of aromatic nitrogens is 2. The van der Waals surface area contributed by atoms with Crippen LogP contribution in [0.2, 0.25) is 0 Å². The minimum Gasteiger partial charge on any atom is -0.481 e. The van der Waals surface area contributed by atoms with E-state index in [9.17, 15) is 9.59 Å². The second-order valence-electron chi connectivity index (χ2n) is 4.76. The summed E-state index contributed by atoms with van der Waals surface area (Å²) in [5, 5.41) is 19.6. The highest BCUT2D eigenvalue weighted by atomic mass is 16.4. The van der Waals surface area contributed by atoms with Crippen molar-refractivity contribution >= 4 is 17.7 Å². The molecule has 2 heterocycles. The maximum Gasteiger partial charge on any atom is 0.308 e. The monoisotopic (exact) mass is 278 g/mol. The summed E-state index contributed by atoms with van der Waals surface area (Å²) in [6, 6.07) is 3.32. The number of nitrogens with zero attached hydrogens (tertiary/aromatic N) is 3. The lowest BCUT2D eigenvalue weighted by Gasteiger charge is -2.31. The zero-order chi connectivity index (χ0) is 14.5. The molecule has 2 N–H and O–H groups in total. The highest BCUT2D eigenvalue weighted by Gasteiger charge is 2.26. The summed E-state index contributed by atoms with van der Waals surface area (Å²) in [4.78, 5) is 24.5. The summed E-state index contributed by atoms with van der Waals surface area (Å²) in [5.41, 5.74) is 0.266. The molecule has 1 fully saturated rings. The molecule has 0 bridgehead atoms. The standard InChI is InChI=1S/C13H18N4O3/c1-2-14-12(18)10-5-6-11(16-15-10)17-7-3-4-9(8-17)13(19)20/h5-6,9H,2-4,7-8H2,1H3,(H,14,18)(H,19,20). The molecule has 1 atom stereocenters. The van der Waals surface area contributed by atoms with E-state index in [0.29, 0.717) is 25.3 Å². The van der Waals surface area contributed by atoms with Gasteiger partial charge in [0.2, 0.25) is 0 Å². The molecule has 1 unspecified atom stereocenters. The van der Waals surface area contributed by atoms with Crippen LogP contribution in [0, 0.1) is 5.92 Å². The average molecular weight is 278 g/mol. The summed E-state index contributed by atoms with van der Waals surface area (Å²) >= 11 is 0. The Hall–Kier alpha value is -2.18. The molecule has 0 aromatic carbocycles. The van der Waals surface area contributed by atoms with E-state index in [4.69, 9.17) is 5.11 Å². The number of carbonyl (C=O) groups is 2. The van der Waals surface area contributed by atoms with E-state index in [1.165, 1.54) is 0 Å². The Balaban J connectivity index is 2.06. The molecule has 0 spiro atoms. The molecular weight excluding hydrogens is 260 g/mol. The van der Waals surface area contributed by atoms with Gasteiger partial charge in [-0.3, -0.25) is 9.59 Å². The van der Waals surface area contributed by atoms with E-state index in [-0.39, 0.29) is 17.5 Å². The molecule has 108 valence electrons. The minimum absolute atomic E-state index is 0.256. The lowest BCUT2D eigenvalue weighted by molar-refractivity contribution is -0.141. The predicted molar refractivity (Wildman–Crippen MR) is 72.6 cm³/mol. The van der Waals surface area contributed by atoms with E-state index in [0.717, 1.165) is 13.0 Å². The van der Waals surface area contributed by atoms with Crippen molar-refractivity contribution in [3.63, 3.8) is 0 Å². The van der Waals surface area contributed by atoms with Gasteiger partial charge in [0.15, 0.2) is 11.5 Å². The Bertz CT molecular complexity index is 489. The molecule has 1 aromatic rings. The number of rotatable bonds is 4. The molecule has 1 aromatic heterocycles. The summed E-state index contributed by atoms with van der Waals surface area (Å²) in [5.74, 6) is -0.784. The van der Waals surface area contributed by atoms with Crippen molar-refractivity contribution in [2.75, 3.05) is 24.5 Å². The van der Waals surface area contributed by atoms with E-state index in [1.807, 2.05) is 11.8 Å². The quantitative estimate of drug-likeness (QED) is 0.834. The predicted octanol–water partition coefficient (Wildman–Crippen LogP) is 0.527. The molecule has 7 heteroatoms. The molecule has 1 aliphatic rings. The Morgan fingerprint density at radius 2 is 2.25 bits per heavy atom. The van der Waals surface area contributed by atoms with E-state index in [2.05, 4.69) is 15.5 Å². The molecule has 0 aliphatic carbocycles. The van der Waals surface area contributed by atoms with Crippen LogP contribution in [0.5, 0.6) is 0 Å². The van der Waals surface area contributed by atoms with Crippen LogP contribution in [0.1, 0.15) is 30.3 Å². The van der Waals surface area contributed by atoms with Gasteiger partial charge in [-0.25, -0.2) is 0 Å². The van der Waals surface area contributed by atoms with Crippen LogP contribution in [0.4, 0.5) is 5.82 Å². The first-order chi connectivity index (χ1) is 9.61. The van der Waals surface area contributed by atoms with Crippen LogP contribution in [-0.4, -0.2) is 46.8 Å². The highest BCUT2D eigenvalue weighted by Crippen LogP contribution is 2.21. The smallest absolute Gasteiger partial charge is 0.308 e. The zero-order valence-electron chi connectivity index (χ0n) is 11.4. The number of carbonyl (C=O) groups excluding carboxylic acids is 1. The van der Waals surface area contributed by atoms with Gasteiger partial charge in [0.1, 0.15) is 0 Å². The fraction of sp³-hybridized carbons (Fsp3) is 0.538. The molecule has 20 heavy (non-hydrogen) atoms. The Kier molecular flexibility index (Phi) is 4.49. The Morgan fingerprint density at radius 1 is 1.45 bits per heavy atom. The van der Waals surface area contributed by atoms with Crippen molar-refractivity contribution in [3.05, 3.63) is 17.8 Å². The summed E-state index contributed by atoms with van der Waals surface area (Å²) in [7, 11) is 0. The summed E-state index contributed by atoms with van der Waals surface area (Å²) in [6.07, 6.45) is 1.51. The molecule has 1 saturated heterocycles. The molecule has 0 saturated carbocycles. The summed E-state index contributed by atoms with van der Waals surface area (Å²) < 4.78 is 0. The number of nitrogens with one attached hydrogen (secondary N) is 1. The van der Waals surface area contributed by atoms with Gasteiger partial charge < -0.3 is 15.3 Å². The van der Waals surface area contributed by atoms with Crippen molar-refractivity contribution in [2.45, 2.75) is 19.8 Å². The van der Waals surface area contributed by atoms with Crippen molar-refractivity contribution < 1.29 is 14.7 Å². The number of carboxylic acids is 1. The van der Waals surface area contributed by atoms with E-state index in [1.54, 1.807) is 12.1 Å². The third-order valence-corrected chi connectivity index (χ3v) is 3.32. The normalized spacial score (nSPS) is 18.6. The van der Waals surface area contributed by atoms with Crippen LogP contribution < -0.4 is 10.2 Å². The van der Waals surface area contributed by atoms with Crippen LogP contribution in [0.15, 0.2) is 12.1 Å². The van der Waals surface area contributed by atoms with Gasteiger partial charge in [-0.15, -0.1) is 10.2 Å². The lowest BCUT2D eigenvalue weighted by Crippen LogP contribution is -2.39. The topological polar surface area (TPSA) is 95.4 Å². The highest BCUT2D eigenvalue weighted by molar-refractivity contribution is 5.92.